The molecule has 1 unspecified atom stereocenters. The van der Waals surface area contributed by atoms with Gasteiger partial charge in [-0.15, -0.1) is 0 Å². The zero-order valence-electron chi connectivity index (χ0n) is 16.3. The minimum Gasteiger partial charge on any atom is -0.360 e. The van der Waals surface area contributed by atoms with Crippen molar-refractivity contribution in [3.05, 3.63) is 16.4 Å². The Hall–Kier alpha value is -1.19. The first-order valence-corrected chi connectivity index (χ1v) is 14.1. The molecule has 2 heterocycles. The van der Waals surface area contributed by atoms with Crippen molar-refractivity contribution in [2.75, 3.05) is 19.7 Å². The standard InChI is InChI=1S/C18H29BrN4O3Si/c1-27(2,3)9-8-26-12-23-15(10-16(19)21-23)18(25)22-7-6-14(11-22)20-17(24)13-4-5-13/h10,13-14H,4-9,11-12H2,1-3H3,(H,20,24). The third-order valence-corrected chi connectivity index (χ3v) is 7.04. The molecule has 1 aromatic rings. The fraction of sp³-hybridized carbons (Fsp3) is 0.722. The molecule has 1 N–H and O–H groups in total. The van der Waals surface area contributed by atoms with Gasteiger partial charge in [0.1, 0.15) is 17.0 Å². The number of nitrogens with zero attached hydrogens (tertiary/aromatic N) is 3. The number of hydrogen-bond donors (Lipinski definition) is 1. The molecule has 2 aliphatic rings. The van der Waals surface area contributed by atoms with Gasteiger partial charge in [-0.05, 0) is 41.2 Å². The second-order valence-corrected chi connectivity index (χ2v) is 15.2. The fourth-order valence-corrected chi connectivity index (χ4v) is 4.24. The first kappa shape index (κ1) is 20.5. The molecule has 0 radical (unpaired) electrons. The predicted molar refractivity (Wildman–Crippen MR) is 109 cm³/mol. The van der Waals surface area contributed by atoms with Crippen LogP contribution in [0.25, 0.3) is 0 Å². The smallest absolute Gasteiger partial charge is 0.272 e. The summed E-state index contributed by atoms with van der Waals surface area (Å²) in [5, 5.41) is 7.41. The van der Waals surface area contributed by atoms with Crippen molar-refractivity contribution in [1.82, 2.24) is 20.0 Å². The summed E-state index contributed by atoms with van der Waals surface area (Å²) in [5.74, 6) is 0.267. The van der Waals surface area contributed by atoms with Crippen molar-refractivity contribution in [3.63, 3.8) is 0 Å². The van der Waals surface area contributed by atoms with E-state index in [1.54, 1.807) is 15.6 Å². The Kier molecular flexibility index (Phi) is 6.42. The molecule has 27 heavy (non-hydrogen) atoms. The molecule has 2 fully saturated rings. The third kappa shape index (κ3) is 5.89. The monoisotopic (exact) mass is 456 g/mol. The number of rotatable bonds is 8. The largest absolute Gasteiger partial charge is 0.360 e. The molecule has 150 valence electrons. The lowest BCUT2D eigenvalue weighted by atomic mass is 10.2. The number of carbonyl (C=O) groups is 2. The normalized spacial score (nSPS) is 20.1. The summed E-state index contributed by atoms with van der Waals surface area (Å²) in [6, 6.07) is 2.86. The lowest BCUT2D eigenvalue weighted by Crippen LogP contribution is -2.39. The summed E-state index contributed by atoms with van der Waals surface area (Å²) < 4.78 is 8.00. The Balaban J connectivity index is 1.54. The van der Waals surface area contributed by atoms with Crippen molar-refractivity contribution in [2.24, 2.45) is 5.92 Å². The van der Waals surface area contributed by atoms with E-state index >= 15 is 0 Å². The molecule has 1 aliphatic heterocycles. The summed E-state index contributed by atoms with van der Waals surface area (Å²) in [7, 11) is -1.15. The van der Waals surface area contributed by atoms with Gasteiger partial charge in [-0.25, -0.2) is 4.68 Å². The third-order valence-electron chi connectivity index (χ3n) is 4.95. The van der Waals surface area contributed by atoms with Crippen molar-refractivity contribution in [2.45, 2.75) is 57.7 Å². The zero-order chi connectivity index (χ0) is 19.6. The van der Waals surface area contributed by atoms with Crippen molar-refractivity contribution >= 4 is 35.8 Å². The first-order chi connectivity index (χ1) is 12.7. The van der Waals surface area contributed by atoms with Crippen LogP contribution in [0.1, 0.15) is 29.8 Å². The highest BCUT2D eigenvalue weighted by molar-refractivity contribution is 9.10. The molecular weight excluding hydrogens is 428 g/mol. The Bertz CT molecular complexity index is 699. The SMILES string of the molecule is C[Si](C)(C)CCOCn1nc(Br)cc1C(=O)N1CCC(NC(=O)C2CC2)C1. The molecule has 1 saturated carbocycles. The summed E-state index contributed by atoms with van der Waals surface area (Å²) >= 11 is 3.36. The Morgan fingerprint density at radius 1 is 1.33 bits per heavy atom. The second kappa shape index (κ2) is 8.44. The average Bonchev–Trinajstić information content (AvgIpc) is 3.23. The van der Waals surface area contributed by atoms with E-state index in [-0.39, 0.29) is 30.5 Å². The van der Waals surface area contributed by atoms with Gasteiger partial charge in [0.2, 0.25) is 5.91 Å². The molecule has 1 saturated heterocycles. The van der Waals surface area contributed by atoms with Gasteiger partial charge in [0.25, 0.3) is 5.91 Å². The van der Waals surface area contributed by atoms with Gasteiger partial charge in [-0.2, -0.15) is 5.10 Å². The number of carbonyl (C=O) groups excluding carboxylic acids is 2. The van der Waals surface area contributed by atoms with Crippen molar-refractivity contribution < 1.29 is 14.3 Å². The molecule has 3 rings (SSSR count). The Morgan fingerprint density at radius 3 is 2.74 bits per heavy atom. The molecule has 0 bridgehead atoms. The Morgan fingerprint density at radius 2 is 2.07 bits per heavy atom. The summed E-state index contributed by atoms with van der Waals surface area (Å²) in [4.78, 5) is 26.7. The summed E-state index contributed by atoms with van der Waals surface area (Å²) in [6.45, 7) is 9.07. The topological polar surface area (TPSA) is 76.5 Å². The predicted octanol–water partition coefficient (Wildman–Crippen LogP) is 2.70. The van der Waals surface area contributed by atoms with E-state index < -0.39 is 8.07 Å². The number of ether oxygens (including phenoxy) is 1. The summed E-state index contributed by atoms with van der Waals surface area (Å²) in [6.07, 6.45) is 2.78. The van der Waals surface area contributed by atoms with Crippen LogP contribution in [0.5, 0.6) is 0 Å². The maximum Gasteiger partial charge on any atom is 0.272 e. The van der Waals surface area contributed by atoms with E-state index in [9.17, 15) is 9.59 Å². The van der Waals surface area contributed by atoms with Crippen molar-refractivity contribution in [3.8, 4) is 0 Å². The first-order valence-electron chi connectivity index (χ1n) is 9.64. The quantitative estimate of drug-likeness (QED) is 0.481. The van der Waals surface area contributed by atoms with E-state index in [0.717, 1.165) is 25.3 Å². The molecule has 1 aliphatic carbocycles. The highest BCUT2D eigenvalue weighted by Crippen LogP contribution is 2.29. The van der Waals surface area contributed by atoms with Crippen LogP contribution >= 0.6 is 15.9 Å². The van der Waals surface area contributed by atoms with Crippen LogP contribution in [0.3, 0.4) is 0 Å². The van der Waals surface area contributed by atoms with Crippen LogP contribution < -0.4 is 5.32 Å². The molecule has 1 aromatic heterocycles. The fourth-order valence-electron chi connectivity index (χ4n) is 3.07. The van der Waals surface area contributed by atoms with Crippen LogP contribution in [0.15, 0.2) is 10.7 Å². The molecule has 9 heteroatoms. The number of likely N-dealkylation sites (tertiary alicyclic amines) is 1. The zero-order valence-corrected chi connectivity index (χ0v) is 18.9. The lowest BCUT2D eigenvalue weighted by Gasteiger charge is -2.18. The molecule has 1 atom stereocenters. The Labute approximate surface area is 169 Å². The number of hydrogen-bond acceptors (Lipinski definition) is 4. The van der Waals surface area contributed by atoms with Gasteiger partial charge in [-0.3, -0.25) is 9.59 Å². The number of amides is 2. The van der Waals surface area contributed by atoms with Crippen molar-refractivity contribution in [1.29, 1.82) is 0 Å². The maximum absolute atomic E-state index is 12.9. The van der Waals surface area contributed by atoms with Gasteiger partial charge < -0.3 is 15.0 Å². The molecule has 0 aromatic carbocycles. The second-order valence-electron chi connectivity index (χ2n) is 8.72. The van der Waals surface area contributed by atoms with Gasteiger partial charge in [-0.1, -0.05) is 19.6 Å². The van der Waals surface area contributed by atoms with E-state index in [1.807, 2.05) is 0 Å². The van der Waals surface area contributed by atoms with E-state index in [2.05, 4.69) is 46.0 Å². The van der Waals surface area contributed by atoms with Crippen LogP contribution in [0.2, 0.25) is 25.7 Å². The number of halogens is 1. The van der Waals surface area contributed by atoms with Crippen LogP contribution in [0.4, 0.5) is 0 Å². The van der Waals surface area contributed by atoms with Crippen LogP contribution in [-0.4, -0.2) is 60.3 Å². The number of aromatic nitrogens is 2. The summed E-state index contributed by atoms with van der Waals surface area (Å²) in [5.41, 5.74) is 0.518. The van der Waals surface area contributed by atoms with Crippen LogP contribution in [-0.2, 0) is 16.3 Å². The van der Waals surface area contributed by atoms with Gasteiger partial charge in [0.05, 0.1) is 0 Å². The van der Waals surface area contributed by atoms with Crippen LogP contribution in [0, 0.1) is 5.92 Å². The minimum absolute atomic E-state index is 0.0508. The van der Waals surface area contributed by atoms with E-state index in [4.69, 9.17) is 4.74 Å². The molecule has 7 nitrogen and oxygen atoms in total. The maximum atomic E-state index is 12.9. The number of nitrogens with one attached hydrogen (secondary N) is 1. The van der Waals surface area contributed by atoms with Gasteiger partial charge in [0.15, 0.2) is 0 Å². The highest BCUT2D eigenvalue weighted by Gasteiger charge is 2.34. The molecule has 2 amide bonds. The lowest BCUT2D eigenvalue weighted by molar-refractivity contribution is -0.122. The molecular formula is C18H29BrN4O3Si. The van der Waals surface area contributed by atoms with Gasteiger partial charge >= 0.3 is 0 Å². The van der Waals surface area contributed by atoms with E-state index in [1.165, 1.54) is 0 Å². The minimum atomic E-state index is -1.15. The van der Waals surface area contributed by atoms with Gasteiger partial charge in [0, 0.05) is 45.8 Å². The average molecular weight is 457 g/mol. The van der Waals surface area contributed by atoms with E-state index in [0.29, 0.717) is 30.0 Å². The molecule has 0 spiro atoms. The highest BCUT2D eigenvalue weighted by atomic mass is 79.9.